The molecule has 0 aromatic carbocycles. The maximum Gasteiger partial charge on any atom is 0.228 e. The number of amides is 1. The van der Waals surface area contributed by atoms with Crippen LogP contribution >= 0.6 is 22.6 Å². The van der Waals surface area contributed by atoms with Crippen LogP contribution in [0.5, 0.6) is 0 Å². The van der Waals surface area contributed by atoms with Gasteiger partial charge in [0.15, 0.2) is 5.82 Å². The van der Waals surface area contributed by atoms with Crippen molar-refractivity contribution in [2.24, 2.45) is 5.92 Å². The minimum absolute atomic E-state index is 0.0691. The van der Waals surface area contributed by atoms with E-state index in [4.69, 9.17) is 4.74 Å². The Kier molecular flexibility index (Phi) is 4.35. The molecular formula is C13H17IN4O2. The monoisotopic (exact) mass is 388 g/mol. The Balaban J connectivity index is 1.56. The molecule has 2 aliphatic heterocycles. The molecule has 1 aromatic rings. The Bertz CT molecular complexity index is 468. The van der Waals surface area contributed by atoms with Gasteiger partial charge in [0.05, 0.1) is 12.5 Å². The van der Waals surface area contributed by atoms with Crippen LogP contribution in [0.1, 0.15) is 6.42 Å². The molecule has 0 N–H and O–H groups in total. The molecule has 1 atom stereocenters. The van der Waals surface area contributed by atoms with Crippen LogP contribution in [0, 0.1) is 9.62 Å². The highest BCUT2D eigenvalue weighted by Gasteiger charge is 2.30. The van der Waals surface area contributed by atoms with Crippen molar-refractivity contribution in [1.82, 2.24) is 15.1 Å². The van der Waals surface area contributed by atoms with E-state index in [1.165, 1.54) is 0 Å². The van der Waals surface area contributed by atoms with Crippen LogP contribution in [0.2, 0.25) is 0 Å². The topological polar surface area (TPSA) is 58.6 Å². The highest BCUT2D eigenvalue weighted by Crippen LogP contribution is 2.18. The summed E-state index contributed by atoms with van der Waals surface area (Å²) in [6.45, 7) is 4.44. The average molecular weight is 388 g/mol. The summed E-state index contributed by atoms with van der Waals surface area (Å²) in [5.41, 5.74) is 0. The number of hydrogen-bond donors (Lipinski definition) is 0. The van der Waals surface area contributed by atoms with Gasteiger partial charge in [0.1, 0.15) is 3.70 Å². The Morgan fingerprint density at radius 1 is 1.25 bits per heavy atom. The van der Waals surface area contributed by atoms with Crippen molar-refractivity contribution in [2.45, 2.75) is 6.42 Å². The molecule has 1 amide bonds. The van der Waals surface area contributed by atoms with E-state index in [1.807, 2.05) is 17.0 Å². The second-order valence-electron chi connectivity index (χ2n) is 5.09. The summed E-state index contributed by atoms with van der Waals surface area (Å²) in [4.78, 5) is 16.4. The molecule has 3 heterocycles. The van der Waals surface area contributed by atoms with E-state index in [9.17, 15) is 4.79 Å². The first-order valence-corrected chi connectivity index (χ1v) is 7.92. The quantitative estimate of drug-likeness (QED) is 0.701. The highest BCUT2D eigenvalue weighted by molar-refractivity contribution is 14.1. The van der Waals surface area contributed by atoms with Gasteiger partial charge in [-0.15, -0.1) is 10.2 Å². The number of rotatable bonds is 2. The maximum absolute atomic E-state index is 12.3. The van der Waals surface area contributed by atoms with Gasteiger partial charge < -0.3 is 14.5 Å². The molecule has 6 nitrogen and oxygen atoms in total. The van der Waals surface area contributed by atoms with Gasteiger partial charge in [-0.05, 0) is 41.1 Å². The van der Waals surface area contributed by atoms with Crippen LogP contribution in [0.4, 0.5) is 5.82 Å². The van der Waals surface area contributed by atoms with Crippen molar-refractivity contribution in [3.63, 3.8) is 0 Å². The molecule has 0 aliphatic carbocycles. The predicted molar refractivity (Wildman–Crippen MR) is 82.5 cm³/mol. The van der Waals surface area contributed by atoms with Gasteiger partial charge in [-0.25, -0.2) is 0 Å². The van der Waals surface area contributed by atoms with Crippen molar-refractivity contribution < 1.29 is 9.53 Å². The molecule has 3 rings (SSSR count). The van der Waals surface area contributed by atoms with E-state index in [-0.39, 0.29) is 11.8 Å². The molecule has 108 valence electrons. The molecule has 1 aromatic heterocycles. The van der Waals surface area contributed by atoms with E-state index < -0.39 is 0 Å². The normalized spacial score (nSPS) is 23.1. The van der Waals surface area contributed by atoms with Crippen LogP contribution < -0.4 is 4.90 Å². The molecular weight excluding hydrogens is 371 g/mol. The van der Waals surface area contributed by atoms with Crippen LogP contribution in [-0.2, 0) is 9.53 Å². The Hall–Kier alpha value is -0.960. The lowest BCUT2D eigenvalue weighted by Gasteiger charge is -2.36. The first kappa shape index (κ1) is 14.0. The van der Waals surface area contributed by atoms with Gasteiger partial charge in [-0.1, -0.05) is 0 Å². The third-order valence-electron chi connectivity index (χ3n) is 3.81. The Labute approximate surface area is 131 Å². The van der Waals surface area contributed by atoms with Crippen LogP contribution in [0.15, 0.2) is 12.1 Å². The minimum atomic E-state index is 0.0691. The lowest BCUT2D eigenvalue weighted by Crippen LogP contribution is -2.50. The van der Waals surface area contributed by atoms with Crippen LogP contribution in [0.25, 0.3) is 0 Å². The third-order valence-corrected chi connectivity index (χ3v) is 4.39. The molecule has 2 fully saturated rings. The van der Waals surface area contributed by atoms with E-state index >= 15 is 0 Å². The lowest BCUT2D eigenvalue weighted by molar-refractivity contribution is -0.135. The first-order chi connectivity index (χ1) is 9.74. The van der Waals surface area contributed by atoms with Gasteiger partial charge in [0.25, 0.3) is 0 Å². The summed E-state index contributed by atoms with van der Waals surface area (Å²) in [5.74, 6) is 1.21. The largest absolute Gasteiger partial charge is 0.381 e. The van der Waals surface area contributed by atoms with E-state index in [2.05, 4.69) is 37.7 Å². The summed E-state index contributed by atoms with van der Waals surface area (Å²) in [7, 11) is 0. The standard InChI is InChI=1S/C13H17IN4O2/c14-11-1-2-12(16-15-11)17-4-6-18(7-5-17)13(19)10-3-8-20-9-10/h1-2,10H,3-9H2. The van der Waals surface area contributed by atoms with Crippen molar-refractivity contribution in [1.29, 1.82) is 0 Å². The summed E-state index contributed by atoms with van der Waals surface area (Å²) in [6.07, 6.45) is 0.863. The number of ether oxygens (including phenoxy) is 1. The molecule has 0 saturated carbocycles. The number of anilines is 1. The number of hydrogen-bond acceptors (Lipinski definition) is 5. The van der Waals surface area contributed by atoms with E-state index in [0.29, 0.717) is 13.2 Å². The molecule has 0 bridgehead atoms. The molecule has 0 radical (unpaired) electrons. The molecule has 1 unspecified atom stereocenters. The van der Waals surface area contributed by atoms with Crippen molar-refractivity contribution >= 4 is 34.3 Å². The first-order valence-electron chi connectivity index (χ1n) is 6.85. The minimum Gasteiger partial charge on any atom is -0.381 e. The number of aromatic nitrogens is 2. The number of carbonyl (C=O) groups is 1. The van der Waals surface area contributed by atoms with Crippen molar-refractivity contribution in [2.75, 3.05) is 44.3 Å². The fourth-order valence-corrected chi connectivity index (χ4v) is 2.91. The number of carbonyl (C=O) groups excluding carboxylic acids is 1. The van der Waals surface area contributed by atoms with Crippen molar-refractivity contribution in [3.05, 3.63) is 15.8 Å². The van der Waals surface area contributed by atoms with Gasteiger partial charge in [0, 0.05) is 32.8 Å². The van der Waals surface area contributed by atoms with Crippen LogP contribution in [0.3, 0.4) is 0 Å². The second-order valence-corrected chi connectivity index (χ2v) is 6.19. The number of halogens is 1. The third kappa shape index (κ3) is 3.03. The molecule has 2 saturated heterocycles. The molecule has 2 aliphatic rings. The summed E-state index contributed by atoms with van der Waals surface area (Å²) in [6, 6.07) is 3.94. The number of piperazine rings is 1. The van der Waals surface area contributed by atoms with Crippen molar-refractivity contribution in [3.8, 4) is 0 Å². The fourth-order valence-electron chi connectivity index (χ4n) is 2.62. The van der Waals surface area contributed by atoms with Crippen LogP contribution in [-0.4, -0.2) is 60.4 Å². The average Bonchev–Trinajstić information content (AvgIpc) is 3.02. The smallest absolute Gasteiger partial charge is 0.228 e. The summed E-state index contributed by atoms with van der Waals surface area (Å²) < 4.78 is 6.18. The molecule has 20 heavy (non-hydrogen) atoms. The second kappa shape index (κ2) is 6.21. The highest BCUT2D eigenvalue weighted by atomic mass is 127. The maximum atomic E-state index is 12.3. The van der Waals surface area contributed by atoms with E-state index in [1.54, 1.807) is 0 Å². The summed E-state index contributed by atoms with van der Waals surface area (Å²) in [5, 5.41) is 8.26. The van der Waals surface area contributed by atoms with Gasteiger partial charge in [-0.3, -0.25) is 4.79 Å². The van der Waals surface area contributed by atoms with Gasteiger partial charge in [-0.2, -0.15) is 0 Å². The SMILES string of the molecule is O=C(C1CCOC1)N1CCN(c2ccc(I)nn2)CC1. The predicted octanol–water partition coefficient (Wildman–Crippen LogP) is 0.766. The zero-order valence-corrected chi connectivity index (χ0v) is 13.3. The molecule has 0 spiro atoms. The summed E-state index contributed by atoms with van der Waals surface area (Å²) >= 11 is 2.14. The zero-order valence-electron chi connectivity index (χ0n) is 11.2. The van der Waals surface area contributed by atoms with E-state index in [0.717, 1.165) is 42.1 Å². The zero-order chi connectivity index (χ0) is 13.9. The van der Waals surface area contributed by atoms with Gasteiger partial charge in [0.2, 0.25) is 5.91 Å². The van der Waals surface area contributed by atoms with Gasteiger partial charge >= 0.3 is 0 Å². The molecule has 7 heteroatoms. The Morgan fingerprint density at radius 2 is 2.05 bits per heavy atom. The fraction of sp³-hybridized carbons (Fsp3) is 0.615. The Morgan fingerprint density at radius 3 is 2.65 bits per heavy atom. The lowest BCUT2D eigenvalue weighted by atomic mass is 10.1. The number of nitrogens with zero attached hydrogens (tertiary/aromatic N) is 4.